The second-order valence-corrected chi connectivity index (χ2v) is 3.08. The molecule has 1 heteroatoms. The number of hydrogen-bond donors (Lipinski definition) is 1. The van der Waals surface area contributed by atoms with E-state index < -0.39 is 0 Å². The van der Waals surface area contributed by atoms with E-state index in [-0.39, 0.29) is 0 Å². The third kappa shape index (κ3) is 14.0. The van der Waals surface area contributed by atoms with E-state index in [0.717, 1.165) is 6.54 Å². The van der Waals surface area contributed by atoms with E-state index in [4.69, 9.17) is 0 Å². The van der Waals surface area contributed by atoms with Crippen LogP contribution in [0.1, 0.15) is 47.0 Å². The third-order valence-electron chi connectivity index (χ3n) is 1.72. The Kier molecular flexibility index (Phi) is 17.0. The van der Waals surface area contributed by atoms with E-state index >= 15 is 0 Å². The fourth-order valence-electron chi connectivity index (χ4n) is 0.973. The minimum Gasteiger partial charge on any atom is -0.320 e. The molecule has 84 valence electrons. The zero-order valence-corrected chi connectivity index (χ0v) is 10.6. The number of hydrogen-bond acceptors (Lipinski definition) is 1. The minimum absolute atomic E-state index is 1.14. The molecular weight excluding hydrogens is 170 g/mol. The van der Waals surface area contributed by atoms with E-state index in [1.807, 2.05) is 20.9 Å². The molecule has 0 spiro atoms. The lowest BCUT2D eigenvalue weighted by atomic mass is 10.1. The summed E-state index contributed by atoms with van der Waals surface area (Å²) < 4.78 is 0. The first-order chi connectivity index (χ1) is 6.81. The largest absolute Gasteiger partial charge is 0.320 e. The molecule has 0 fully saturated rings. The normalized spacial score (nSPS) is 13.1. The van der Waals surface area contributed by atoms with Crippen LogP contribution in [0.25, 0.3) is 0 Å². The van der Waals surface area contributed by atoms with Crippen molar-refractivity contribution < 1.29 is 0 Å². The van der Waals surface area contributed by atoms with Crippen molar-refractivity contribution in [3.05, 3.63) is 23.8 Å². The molecule has 0 unspecified atom stereocenters. The van der Waals surface area contributed by atoms with Crippen molar-refractivity contribution in [3.63, 3.8) is 0 Å². The van der Waals surface area contributed by atoms with Crippen LogP contribution >= 0.6 is 0 Å². The summed E-state index contributed by atoms with van der Waals surface area (Å²) in [6.45, 7) is 9.46. The maximum atomic E-state index is 3.02. The Labute approximate surface area is 90.3 Å². The lowest BCUT2D eigenvalue weighted by Crippen LogP contribution is -2.04. The second-order valence-electron chi connectivity index (χ2n) is 3.08. The molecule has 0 atom stereocenters. The fraction of sp³-hybridized carbons (Fsp3) is 0.692. The molecule has 1 aliphatic carbocycles. The number of rotatable bonds is 2. The molecule has 1 aliphatic rings. The molecule has 0 saturated heterocycles. The fourth-order valence-corrected chi connectivity index (χ4v) is 0.973. The van der Waals surface area contributed by atoms with Gasteiger partial charge in [-0.25, -0.2) is 0 Å². The van der Waals surface area contributed by atoms with Crippen LogP contribution in [0.3, 0.4) is 0 Å². The maximum absolute atomic E-state index is 3.02. The zero-order chi connectivity index (χ0) is 11.2. The molecular formula is C13H27N. The molecule has 1 nitrogen and oxygen atoms in total. The standard InChI is InChI=1S/C7H10.C4H11N.C2H6/c1-7-5-3-2-4-6-7;1-3-4-5-2;1-2/h2-3,5H,4,6H2,1H3;5H,3-4H2,1-2H3;1-2H3. The van der Waals surface area contributed by atoms with Gasteiger partial charge in [0.2, 0.25) is 0 Å². The van der Waals surface area contributed by atoms with Crippen molar-refractivity contribution in [3.8, 4) is 0 Å². The van der Waals surface area contributed by atoms with E-state index in [0.29, 0.717) is 0 Å². The molecule has 0 aliphatic heterocycles. The highest BCUT2D eigenvalue weighted by Gasteiger charge is 1.88. The Morgan fingerprint density at radius 3 is 2.14 bits per heavy atom. The van der Waals surface area contributed by atoms with Gasteiger partial charge in [-0.05, 0) is 39.8 Å². The highest BCUT2D eigenvalue weighted by molar-refractivity contribution is 5.15. The van der Waals surface area contributed by atoms with Gasteiger partial charge in [0.1, 0.15) is 0 Å². The van der Waals surface area contributed by atoms with Crippen LogP contribution < -0.4 is 5.32 Å². The Morgan fingerprint density at radius 2 is 2.00 bits per heavy atom. The molecule has 0 bridgehead atoms. The summed E-state index contributed by atoms with van der Waals surface area (Å²) in [7, 11) is 1.96. The monoisotopic (exact) mass is 197 g/mol. The highest BCUT2D eigenvalue weighted by atomic mass is 14.8. The van der Waals surface area contributed by atoms with E-state index in [9.17, 15) is 0 Å². The Morgan fingerprint density at radius 1 is 1.36 bits per heavy atom. The summed E-state index contributed by atoms with van der Waals surface area (Å²) in [6, 6.07) is 0. The molecule has 0 aromatic rings. The summed E-state index contributed by atoms with van der Waals surface area (Å²) in [5.74, 6) is 0. The summed E-state index contributed by atoms with van der Waals surface area (Å²) in [5.41, 5.74) is 1.50. The predicted octanol–water partition coefficient (Wildman–Crippen LogP) is 3.92. The van der Waals surface area contributed by atoms with Gasteiger partial charge in [0.15, 0.2) is 0 Å². The molecule has 0 aromatic heterocycles. The molecule has 0 saturated carbocycles. The average molecular weight is 197 g/mol. The first kappa shape index (κ1) is 15.9. The lowest BCUT2D eigenvalue weighted by molar-refractivity contribution is 0.772. The molecule has 0 radical (unpaired) electrons. The van der Waals surface area contributed by atoms with Gasteiger partial charge in [0.25, 0.3) is 0 Å². The summed E-state index contributed by atoms with van der Waals surface area (Å²) >= 11 is 0. The summed E-state index contributed by atoms with van der Waals surface area (Å²) in [6.07, 6.45) is 10.2. The summed E-state index contributed by atoms with van der Waals surface area (Å²) in [5, 5.41) is 3.02. The summed E-state index contributed by atoms with van der Waals surface area (Å²) in [4.78, 5) is 0. The quantitative estimate of drug-likeness (QED) is 0.707. The van der Waals surface area contributed by atoms with Crippen LogP contribution in [0.15, 0.2) is 23.8 Å². The van der Waals surface area contributed by atoms with Gasteiger partial charge in [0, 0.05) is 0 Å². The Hall–Kier alpha value is -0.560. The van der Waals surface area contributed by atoms with Gasteiger partial charge in [-0.1, -0.05) is 44.6 Å². The second kappa shape index (κ2) is 14.9. The van der Waals surface area contributed by atoms with Crippen LogP contribution in [-0.4, -0.2) is 13.6 Å². The predicted molar refractivity (Wildman–Crippen MR) is 67.7 cm³/mol. The molecule has 0 amide bonds. The number of allylic oxidation sites excluding steroid dienone is 4. The van der Waals surface area contributed by atoms with Gasteiger partial charge in [0.05, 0.1) is 0 Å². The van der Waals surface area contributed by atoms with Crippen molar-refractivity contribution in [2.45, 2.75) is 47.0 Å². The van der Waals surface area contributed by atoms with Gasteiger partial charge in [-0.15, -0.1) is 0 Å². The van der Waals surface area contributed by atoms with Crippen LogP contribution in [0.5, 0.6) is 0 Å². The zero-order valence-electron chi connectivity index (χ0n) is 10.6. The molecule has 0 heterocycles. The van der Waals surface area contributed by atoms with Crippen LogP contribution in [0.4, 0.5) is 0 Å². The van der Waals surface area contributed by atoms with Crippen LogP contribution in [0.2, 0.25) is 0 Å². The van der Waals surface area contributed by atoms with E-state index in [1.54, 1.807) is 0 Å². The molecule has 14 heavy (non-hydrogen) atoms. The van der Waals surface area contributed by atoms with Crippen LogP contribution in [0, 0.1) is 0 Å². The smallest absolute Gasteiger partial charge is 0.00546 e. The van der Waals surface area contributed by atoms with Crippen molar-refractivity contribution >= 4 is 0 Å². The first-order valence-corrected chi connectivity index (χ1v) is 5.78. The molecule has 1 rings (SSSR count). The highest BCUT2D eigenvalue weighted by Crippen LogP contribution is 2.08. The molecule has 0 aromatic carbocycles. The van der Waals surface area contributed by atoms with Gasteiger partial charge >= 0.3 is 0 Å². The number of nitrogens with one attached hydrogen (secondary N) is 1. The van der Waals surface area contributed by atoms with Gasteiger partial charge < -0.3 is 5.32 Å². The van der Waals surface area contributed by atoms with Crippen molar-refractivity contribution in [1.82, 2.24) is 5.32 Å². The third-order valence-corrected chi connectivity index (χ3v) is 1.72. The van der Waals surface area contributed by atoms with Crippen molar-refractivity contribution in [1.29, 1.82) is 0 Å². The van der Waals surface area contributed by atoms with E-state index in [2.05, 4.69) is 37.4 Å². The van der Waals surface area contributed by atoms with Crippen molar-refractivity contribution in [2.75, 3.05) is 13.6 Å². The lowest BCUT2D eigenvalue weighted by Gasteiger charge is -1.98. The topological polar surface area (TPSA) is 12.0 Å². The molecule has 1 N–H and O–H groups in total. The minimum atomic E-state index is 1.14. The van der Waals surface area contributed by atoms with E-state index in [1.165, 1.54) is 24.8 Å². The van der Waals surface area contributed by atoms with Crippen molar-refractivity contribution in [2.24, 2.45) is 0 Å². The van der Waals surface area contributed by atoms with Gasteiger partial charge in [-0.2, -0.15) is 0 Å². The Balaban J connectivity index is 0. The van der Waals surface area contributed by atoms with Gasteiger partial charge in [-0.3, -0.25) is 0 Å². The SMILES string of the molecule is CC.CC1=CC=CCC1.CCCNC. The maximum Gasteiger partial charge on any atom is -0.00546 e. The Bertz CT molecular complexity index is 143. The average Bonchev–Trinajstić information content (AvgIpc) is 2.24. The van der Waals surface area contributed by atoms with Crippen LogP contribution in [-0.2, 0) is 0 Å². The first-order valence-electron chi connectivity index (χ1n) is 5.78.